The van der Waals surface area contributed by atoms with Crippen molar-refractivity contribution in [2.45, 2.75) is 25.3 Å². The summed E-state index contributed by atoms with van der Waals surface area (Å²) >= 11 is 0. The van der Waals surface area contributed by atoms with E-state index in [1.54, 1.807) is 6.08 Å². The van der Waals surface area contributed by atoms with Crippen molar-refractivity contribution in [1.82, 2.24) is 10.6 Å². The fraction of sp³-hybridized carbons (Fsp3) is 0.500. The van der Waals surface area contributed by atoms with Crippen LogP contribution in [0, 0.1) is 0 Å². The van der Waals surface area contributed by atoms with Gasteiger partial charge in [-0.1, -0.05) is 13.0 Å². The minimum Gasteiger partial charge on any atom is -0.323 e. The summed E-state index contributed by atoms with van der Waals surface area (Å²) in [4.78, 5) is 22.1. The van der Waals surface area contributed by atoms with E-state index >= 15 is 0 Å². The highest BCUT2D eigenvalue weighted by molar-refractivity contribution is 6.07. The second kappa shape index (κ2) is 2.97. The van der Waals surface area contributed by atoms with Crippen LogP contribution in [0.15, 0.2) is 12.7 Å². The molecule has 0 spiro atoms. The van der Waals surface area contributed by atoms with Crippen LogP contribution in [0.3, 0.4) is 0 Å². The van der Waals surface area contributed by atoms with Crippen molar-refractivity contribution in [3.8, 4) is 0 Å². The number of amides is 3. The maximum Gasteiger partial charge on any atom is 0.322 e. The zero-order valence-corrected chi connectivity index (χ0v) is 7.02. The Hall–Kier alpha value is -1.32. The van der Waals surface area contributed by atoms with Crippen molar-refractivity contribution in [2.75, 3.05) is 0 Å². The largest absolute Gasteiger partial charge is 0.323 e. The summed E-state index contributed by atoms with van der Waals surface area (Å²) in [6.45, 7) is 5.40. The number of carbonyl (C=O) groups excluding carboxylic acids is 2. The van der Waals surface area contributed by atoms with E-state index in [-0.39, 0.29) is 5.91 Å². The minimum absolute atomic E-state index is 0.255. The standard InChI is InChI=1S/C8H12N2O2/c1-3-5-8(4-2)6(11)9-7(12)10-8/h3H,1,4-5H2,2H3,(H2,9,10,11,12). The molecule has 66 valence electrons. The number of urea groups is 1. The van der Waals surface area contributed by atoms with E-state index in [0.717, 1.165) is 0 Å². The summed E-state index contributed by atoms with van der Waals surface area (Å²) in [5.41, 5.74) is -0.751. The molecule has 3 amide bonds. The summed E-state index contributed by atoms with van der Waals surface area (Å²) in [5.74, 6) is -0.255. The van der Waals surface area contributed by atoms with Gasteiger partial charge in [-0.15, -0.1) is 6.58 Å². The van der Waals surface area contributed by atoms with Gasteiger partial charge in [-0.2, -0.15) is 0 Å². The molecule has 1 saturated heterocycles. The van der Waals surface area contributed by atoms with E-state index in [1.807, 2.05) is 6.92 Å². The zero-order valence-electron chi connectivity index (χ0n) is 7.02. The highest BCUT2D eigenvalue weighted by Crippen LogP contribution is 2.19. The first-order valence-electron chi connectivity index (χ1n) is 3.89. The van der Waals surface area contributed by atoms with Crippen molar-refractivity contribution >= 4 is 11.9 Å². The first-order chi connectivity index (χ1) is 5.64. The average Bonchev–Trinajstić information content (AvgIpc) is 2.28. The first kappa shape index (κ1) is 8.77. The number of carbonyl (C=O) groups is 2. The number of nitrogens with one attached hydrogen (secondary N) is 2. The van der Waals surface area contributed by atoms with Gasteiger partial charge in [0.1, 0.15) is 5.54 Å². The van der Waals surface area contributed by atoms with E-state index < -0.39 is 11.6 Å². The SMILES string of the molecule is C=CCC1(CC)NC(=O)NC1=O. The zero-order chi connectivity index (χ0) is 9.19. The summed E-state index contributed by atoms with van der Waals surface area (Å²) in [7, 11) is 0. The number of imide groups is 1. The average molecular weight is 168 g/mol. The molecular weight excluding hydrogens is 156 g/mol. The van der Waals surface area contributed by atoms with E-state index in [4.69, 9.17) is 0 Å². The summed E-state index contributed by atoms with van der Waals surface area (Å²) < 4.78 is 0. The Morgan fingerprint density at radius 2 is 2.25 bits per heavy atom. The normalized spacial score (nSPS) is 28.1. The summed E-state index contributed by atoms with van der Waals surface area (Å²) in [6, 6.07) is -0.413. The summed E-state index contributed by atoms with van der Waals surface area (Å²) in [6.07, 6.45) is 2.69. The van der Waals surface area contributed by atoms with Gasteiger partial charge in [0.2, 0.25) is 0 Å². The van der Waals surface area contributed by atoms with Crippen molar-refractivity contribution < 1.29 is 9.59 Å². The maximum atomic E-state index is 11.3. The molecule has 1 atom stereocenters. The van der Waals surface area contributed by atoms with Crippen LogP contribution in [-0.2, 0) is 4.79 Å². The predicted octanol–water partition coefficient (Wildman–Crippen LogP) is 0.551. The van der Waals surface area contributed by atoms with Crippen LogP contribution < -0.4 is 10.6 Å². The van der Waals surface area contributed by atoms with Crippen molar-refractivity contribution in [3.05, 3.63) is 12.7 Å². The Balaban J connectivity index is 2.85. The predicted molar refractivity (Wildman–Crippen MR) is 44.5 cm³/mol. The number of rotatable bonds is 3. The lowest BCUT2D eigenvalue weighted by molar-refractivity contribution is -0.124. The van der Waals surface area contributed by atoms with E-state index in [2.05, 4.69) is 17.2 Å². The molecule has 4 nitrogen and oxygen atoms in total. The molecular formula is C8H12N2O2. The molecule has 1 heterocycles. The van der Waals surface area contributed by atoms with Gasteiger partial charge < -0.3 is 5.32 Å². The summed E-state index contributed by atoms with van der Waals surface area (Å²) in [5, 5.41) is 4.80. The molecule has 1 aliphatic heterocycles. The van der Waals surface area contributed by atoms with Crippen LogP contribution in [0.5, 0.6) is 0 Å². The number of hydrogen-bond donors (Lipinski definition) is 2. The third-order valence-electron chi connectivity index (χ3n) is 2.11. The van der Waals surface area contributed by atoms with Crippen LogP contribution in [-0.4, -0.2) is 17.5 Å². The molecule has 2 N–H and O–H groups in total. The van der Waals surface area contributed by atoms with Crippen molar-refractivity contribution in [1.29, 1.82) is 0 Å². The minimum atomic E-state index is -0.751. The molecule has 12 heavy (non-hydrogen) atoms. The van der Waals surface area contributed by atoms with Crippen LogP contribution in [0.25, 0.3) is 0 Å². The van der Waals surface area contributed by atoms with Gasteiger partial charge in [-0.05, 0) is 12.8 Å². The molecule has 0 aromatic heterocycles. The first-order valence-corrected chi connectivity index (χ1v) is 3.89. The van der Waals surface area contributed by atoms with E-state index in [9.17, 15) is 9.59 Å². The Morgan fingerprint density at radius 1 is 1.58 bits per heavy atom. The Kier molecular flexibility index (Phi) is 2.17. The quantitative estimate of drug-likeness (QED) is 0.477. The number of hydrogen-bond acceptors (Lipinski definition) is 2. The fourth-order valence-electron chi connectivity index (χ4n) is 1.31. The van der Waals surface area contributed by atoms with Gasteiger partial charge in [-0.3, -0.25) is 10.1 Å². The molecule has 0 aromatic carbocycles. The molecule has 0 radical (unpaired) electrons. The van der Waals surface area contributed by atoms with Crippen LogP contribution in [0.2, 0.25) is 0 Å². The monoisotopic (exact) mass is 168 g/mol. The molecule has 1 unspecified atom stereocenters. The van der Waals surface area contributed by atoms with Gasteiger partial charge in [0.25, 0.3) is 5.91 Å². The molecule has 0 aromatic rings. The topological polar surface area (TPSA) is 58.2 Å². The Labute approximate surface area is 71.0 Å². The highest BCUT2D eigenvalue weighted by Gasteiger charge is 2.43. The molecule has 0 aliphatic carbocycles. The molecule has 0 saturated carbocycles. The van der Waals surface area contributed by atoms with Gasteiger partial charge in [0.05, 0.1) is 0 Å². The van der Waals surface area contributed by atoms with Crippen molar-refractivity contribution in [3.63, 3.8) is 0 Å². The fourth-order valence-corrected chi connectivity index (χ4v) is 1.31. The lowest BCUT2D eigenvalue weighted by Crippen LogP contribution is -2.45. The van der Waals surface area contributed by atoms with E-state index in [0.29, 0.717) is 12.8 Å². The Bertz CT molecular complexity index is 237. The van der Waals surface area contributed by atoms with Gasteiger partial charge in [0, 0.05) is 0 Å². The molecule has 1 rings (SSSR count). The highest BCUT2D eigenvalue weighted by atomic mass is 16.2. The lowest BCUT2D eigenvalue weighted by Gasteiger charge is -2.21. The van der Waals surface area contributed by atoms with Gasteiger partial charge in [-0.25, -0.2) is 4.79 Å². The van der Waals surface area contributed by atoms with Gasteiger partial charge in [0.15, 0.2) is 0 Å². The van der Waals surface area contributed by atoms with Gasteiger partial charge >= 0.3 is 6.03 Å². The van der Waals surface area contributed by atoms with Crippen molar-refractivity contribution in [2.24, 2.45) is 0 Å². The molecule has 1 aliphatic rings. The second-order valence-electron chi connectivity index (χ2n) is 2.84. The maximum absolute atomic E-state index is 11.3. The van der Waals surface area contributed by atoms with Crippen LogP contribution in [0.1, 0.15) is 19.8 Å². The smallest absolute Gasteiger partial charge is 0.322 e. The molecule has 4 heteroatoms. The lowest BCUT2D eigenvalue weighted by atomic mass is 9.92. The second-order valence-corrected chi connectivity index (χ2v) is 2.84. The van der Waals surface area contributed by atoms with E-state index in [1.165, 1.54) is 0 Å². The third-order valence-corrected chi connectivity index (χ3v) is 2.11. The van der Waals surface area contributed by atoms with Crippen LogP contribution in [0.4, 0.5) is 4.79 Å². The molecule has 0 bridgehead atoms. The van der Waals surface area contributed by atoms with Crippen LogP contribution >= 0.6 is 0 Å². The Morgan fingerprint density at radius 3 is 2.58 bits per heavy atom. The third kappa shape index (κ3) is 1.20. The molecule has 1 fully saturated rings.